The quantitative estimate of drug-likeness (QED) is 0.805. The predicted octanol–water partition coefficient (Wildman–Crippen LogP) is 2.08. The van der Waals surface area contributed by atoms with Crippen molar-refractivity contribution in [1.29, 1.82) is 0 Å². The van der Waals surface area contributed by atoms with Crippen LogP contribution < -0.4 is 4.74 Å². The van der Waals surface area contributed by atoms with Crippen molar-refractivity contribution in [3.63, 3.8) is 0 Å². The van der Waals surface area contributed by atoms with E-state index in [2.05, 4.69) is 0 Å². The summed E-state index contributed by atoms with van der Waals surface area (Å²) in [6, 6.07) is 4.58. The molecule has 3 nitrogen and oxygen atoms in total. The maximum absolute atomic E-state index is 10.2. The number of carboxylic acids is 1. The molecule has 0 saturated carbocycles. The van der Waals surface area contributed by atoms with Gasteiger partial charge in [0.25, 0.3) is 0 Å². The van der Waals surface area contributed by atoms with Crippen LogP contribution in [0.3, 0.4) is 0 Å². The molecule has 0 amide bonds. The molecule has 0 bridgehead atoms. The van der Waals surface area contributed by atoms with E-state index in [-0.39, 0.29) is 18.9 Å². The van der Waals surface area contributed by atoms with Gasteiger partial charge in [-0.3, -0.25) is 0 Å². The molecule has 0 aromatic heterocycles. The van der Waals surface area contributed by atoms with Gasteiger partial charge in [0, 0.05) is 23.9 Å². The standard InChI is InChI=1S/C8H6Cl2O3.Li/c9-5-1-2-7(6(10)3-5)13-4-8(11)12;/h1-3H,4H2,(H,11,12);. The molecule has 71 valence electrons. The second-order valence-corrected chi connectivity index (χ2v) is 3.10. The Kier molecular flexibility index (Phi) is 6.06. The van der Waals surface area contributed by atoms with Crippen molar-refractivity contribution in [3.8, 4) is 5.75 Å². The van der Waals surface area contributed by atoms with E-state index in [0.717, 1.165) is 0 Å². The van der Waals surface area contributed by atoms with E-state index >= 15 is 0 Å². The summed E-state index contributed by atoms with van der Waals surface area (Å²) in [4.78, 5) is 10.2. The second kappa shape index (κ2) is 6.21. The minimum Gasteiger partial charge on any atom is -0.480 e. The number of carboxylic acid groups (broad SMARTS) is 1. The number of ether oxygens (including phenoxy) is 1. The molecule has 0 saturated heterocycles. The fourth-order valence-electron chi connectivity index (χ4n) is 0.732. The van der Waals surface area contributed by atoms with Gasteiger partial charge < -0.3 is 9.84 Å². The van der Waals surface area contributed by atoms with Crippen molar-refractivity contribution in [2.75, 3.05) is 6.61 Å². The molecule has 0 fully saturated rings. The average molecular weight is 228 g/mol. The Hall–Kier alpha value is -0.333. The summed E-state index contributed by atoms with van der Waals surface area (Å²) in [6.45, 7) is -0.415. The maximum Gasteiger partial charge on any atom is 0.341 e. The molecular formula is C8H6Cl2LiO3. The van der Waals surface area contributed by atoms with Crippen molar-refractivity contribution < 1.29 is 14.6 Å². The maximum atomic E-state index is 10.2. The van der Waals surface area contributed by atoms with Gasteiger partial charge in [-0.05, 0) is 18.2 Å². The van der Waals surface area contributed by atoms with Crippen LogP contribution in [0.5, 0.6) is 5.75 Å². The summed E-state index contributed by atoms with van der Waals surface area (Å²) in [6.07, 6.45) is 0. The Bertz CT molecular complexity index is 330. The third kappa shape index (κ3) is 4.25. The first-order chi connectivity index (χ1) is 6.09. The van der Waals surface area contributed by atoms with Crippen LogP contribution in [0.4, 0.5) is 0 Å². The number of aliphatic carboxylic acids is 1. The Morgan fingerprint density at radius 2 is 2.07 bits per heavy atom. The second-order valence-electron chi connectivity index (χ2n) is 2.26. The smallest absolute Gasteiger partial charge is 0.341 e. The van der Waals surface area contributed by atoms with Crippen LogP contribution >= 0.6 is 23.2 Å². The zero-order valence-electron chi connectivity index (χ0n) is 7.46. The summed E-state index contributed by atoms with van der Waals surface area (Å²) in [7, 11) is 0. The fourth-order valence-corrected chi connectivity index (χ4v) is 1.19. The van der Waals surface area contributed by atoms with E-state index in [0.29, 0.717) is 15.8 Å². The van der Waals surface area contributed by atoms with Gasteiger partial charge in [0.2, 0.25) is 0 Å². The molecule has 0 aliphatic rings. The van der Waals surface area contributed by atoms with Crippen LogP contribution in [0, 0.1) is 0 Å². The molecule has 1 rings (SSSR count). The molecule has 1 aromatic rings. The molecule has 0 heterocycles. The molecule has 0 aliphatic carbocycles. The summed E-state index contributed by atoms with van der Waals surface area (Å²) >= 11 is 11.3. The van der Waals surface area contributed by atoms with Gasteiger partial charge in [-0.1, -0.05) is 23.2 Å². The Morgan fingerprint density at radius 3 is 2.57 bits per heavy atom. The van der Waals surface area contributed by atoms with Gasteiger partial charge in [-0.25, -0.2) is 4.79 Å². The predicted molar refractivity (Wildman–Crippen MR) is 55.3 cm³/mol. The van der Waals surface area contributed by atoms with Crippen LogP contribution in [0.2, 0.25) is 10.0 Å². The number of hydrogen-bond donors (Lipinski definition) is 1. The normalized spacial score (nSPS) is 9.00. The molecule has 14 heavy (non-hydrogen) atoms. The molecular weight excluding hydrogens is 222 g/mol. The molecule has 1 aromatic carbocycles. The first-order valence-electron chi connectivity index (χ1n) is 3.39. The Labute approximate surface area is 103 Å². The van der Waals surface area contributed by atoms with Gasteiger partial charge in [0.15, 0.2) is 6.61 Å². The Balaban J connectivity index is 0.00000169. The summed E-state index contributed by atoms with van der Waals surface area (Å²) in [5, 5.41) is 9.11. The van der Waals surface area contributed by atoms with E-state index in [9.17, 15) is 4.79 Å². The van der Waals surface area contributed by atoms with Crippen LogP contribution in [-0.2, 0) is 4.79 Å². The topological polar surface area (TPSA) is 46.5 Å². The van der Waals surface area contributed by atoms with Gasteiger partial charge in [0.1, 0.15) is 5.75 Å². The van der Waals surface area contributed by atoms with E-state index in [1.165, 1.54) is 12.1 Å². The Morgan fingerprint density at radius 1 is 1.43 bits per heavy atom. The minimum absolute atomic E-state index is 0. The molecule has 1 N–H and O–H groups in total. The van der Waals surface area contributed by atoms with Crippen LogP contribution in [-0.4, -0.2) is 36.5 Å². The zero-order chi connectivity index (χ0) is 9.84. The third-order valence-electron chi connectivity index (χ3n) is 1.25. The van der Waals surface area contributed by atoms with Gasteiger partial charge in [-0.2, -0.15) is 0 Å². The minimum atomic E-state index is -1.05. The molecule has 0 aliphatic heterocycles. The molecule has 0 spiro atoms. The zero-order valence-corrected chi connectivity index (χ0v) is 8.97. The monoisotopic (exact) mass is 227 g/mol. The van der Waals surface area contributed by atoms with Crippen LogP contribution in [0.1, 0.15) is 0 Å². The third-order valence-corrected chi connectivity index (χ3v) is 1.78. The molecule has 6 heteroatoms. The van der Waals surface area contributed by atoms with E-state index < -0.39 is 12.6 Å². The molecule has 0 unspecified atom stereocenters. The first-order valence-corrected chi connectivity index (χ1v) is 4.15. The van der Waals surface area contributed by atoms with E-state index in [1.54, 1.807) is 6.07 Å². The van der Waals surface area contributed by atoms with Crippen molar-refractivity contribution in [1.82, 2.24) is 0 Å². The van der Waals surface area contributed by atoms with Crippen molar-refractivity contribution in [2.24, 2.45) is 0 Å². The van der Waals surface area contributed by atoms with Crippen molar-refractivity contribution in [3.05, 3.63) is 28.2 Å². The first kappa shape index (κ1) is 13.7. The number of halogens is 2. The van der Waals surface area contributed by atoms with Gasteiger partial charge in [0.05, 0.1) is 5.02 Å². The van der Waals surface area contributed by atoms with Crippen molar-refractivity contribution in [2.45, 2.75) is 0 Å². The summed E-state index contributed by atoms with van der Waals surface area (Å²) in [5.41, 5.74) is 0. The largest absolute Gasteiger partial charge is 0.480 e. The van der Waals surface area contributed by atoms with Crippen LogP contribution in [0.25, 0.3) is 0 Å². The number of hydrogen-bond acceptors (Lipinski definition) is 2. The van der Waals surface area contributed by atoms with E-state index in [4.69, 9.17) is 33.0 Å². The number of rotatable bonds is 3. The van der Waals surface area contributed by atoms with Crippen LogP contribution in [0.15, 0.2) is 18.2 Å². The van der Waals surface area contributed by atoms with Gasteiger partial charge >= 0.3 is 5.97 Å². The summed E-state index contributed by atoms with van der Waals surface area (Å²) < 4.78 is 4.86. The molecule has 0 atom stereocenters. The fraction of sp³-hybridized carbons (Fsp3) is 0.125. The van der Waals surface area contributed by atoms with Crippen molar-refractivity contribution >= 4 is 48.0 Å². The average Bonchev–Trinajstić information content (AvgIpc) is 2.02. The number of benzene rings is 1. The van der Waals surface area contributed by atoms with E-state index in [1.807, 2.05) is 0 Å². The summed E-state index contributed by atoms with van der Waals surface area (Å²) in [5.74, 6) is -0.737. The van der Waals surface area contributed by atoms with Gasteiger partial charge in [-0.15, -0.1) is 0 Å². The SMILES string of the molecule is O=C(O)COc1ccc(Cl)cc1Cl.[Li]. The molecule has 1 radical (unpaired) electrons. The number of carbonyl (C=O) groups is 1.